The molecule has 144 valence electrons. The van der Waals surface area contributed by atoms with Crippen molar-refractivity contribution in [2.75, 3.05) is 11.9 Å². The van der Waals surface area contributed by atoms with E-state index in [1.165, 1.54) is 10.6 Å². The maximum Gasteiger partial charge on any atom is 0.243 e. The smallest absolute Gasteiger partial charge is 0.243 e. The number of nitrogens with zero attached hydrogens (tertiary/aromatic N) is 2. The van der Waals surface area contributed by atoms with Gasteiger partial charge < -0.3 is 9.73 Å². The Morgan fingerprint density at radius 3 is 2.71 bits per heavy atom. The van der Waals surface area contributed by atoms with Crippen LogP contribution in [0.4, 0.5) is 5.69 Å². The molecule has 1 aliphatic heterocycles. The molecule has 8 heteroatoms. The van der Waals surface area contributed by atoms with E-state index in [0.29, 0.717) is 31.0 Å². The zero-order valence-electron chi connectivity index (χ0n) is 15.0. The van der Waals surface area contributed by atoms with E-state index >= 15 is 0 Å². The fraction of sp³-hybridized carbons (Fsp3) is 0.200. The lowest BCUT2D eigenvalue weighted by molar-refractivity contribution is -0.119. The topological polar surface area (TPSA) is 92.5 Å². The molecular formula is C20H19N3O4S. The van der Waals surface area contributed by atoms with Gasteiger partial charge in [0.05, 0.1) is 11.1 Å². The Balaban J connectivity index is 1.54. The molecular weight excluding hydrogens is 378 g/mol. The van der Waals surface area contributed by atoms with Crippen LogP contribution in [0, 0.1) is 0 Å². The summed E-state index contributed by atoms with van der Waals surface area (Å²) in [5, 5.41) is 2.83. The summed E-state index contributed by atoms with van der Waals surface area (Å²) >= 11 is 0. The van der Waals surface area contributed by atoms with Crippen LogP contribution in [-0.4, -0.2) is 36.2 Å². The second-order valence-electron chi connectivity index (χ2n) is 6.49. The summed E-state index contributed by atoms with van der Waals surface area (Å²) in [6, 6.07) is 14.5. The molecule has 0 spiro atoms. The predicted molar refractivity (Wildman–Crippen MR) is 104 cm³/mol. The lowest BCUT2D eigenvalue weighted by atomic mass is 10.1. The Morgan fingerprint density at radius 1 is 1.14 bits per heavy atom. The minimum absolute atomic E-state index is 0.195. The first-order valence-corrected chi connectivity index (χ1v) is 10.4. The molecule has 0 bridgehead atoms. The quantitative estimate of drug-likeness (QED) is 0.714. The summed E-state index contributed by atoms with van der Waals surface area (Å²) in [6.07, 6.45) is 4.15. The summed E-state index contributed by atoms with van der Waals surface area (Å²) in [6.45, 7) is 0.325. The van der Waals surface area contributed by atoms with Crippen LogP contribution >= 0.6 is 0 Å². The van der Waals surface area contributed by atoms with Crippen molar-refractivity contribution in [3.05, 3.63) is 67.1 Å². The monoisotopic (exact) mass is 397 g/mol. The van der Waals surface area contributed by atoms with Crippen LogP contribution in [0.5, 0.6) is 0 Å². The fourth-order valence-electron chi connectivity index (χ4n) is 3.34. The Hall–Kier alpha value is -2.97. The largest absolute Gasteiger partial charge is 0.445 e. The molecule has 1 amide bonds. The molecule has 0 radical (unpaired) electrons. The first-order valence-electron chi connectivity index (χ1n) is 8.93. The average molecular weight is 397 g/mol. The van der Waals surface area contributed by atoms with Crippen molar-refractivity contribution in [2.24, 2.45) is 0 Å². The molecule has 1 saturated heterocycles. The van der Waals surface area contributed by atoms with Crippen molar-refractivity contribution < 1.29 is 17.6 Å². The first-order chi connectivity index (χ1) is 13.6. The number of rotatable bonds is 5. The summed E-state index contributed by atoms with van der Waals surface area (Å²) in [7, 11) is -3.72. The molecule has 1 fully saturated rings. The Kier molecular flexibility index (Phi) is 4.97. The van der Waals surface area contributed by atoms with Crippen molar-refractivity contribution >= 4 is 21.6 Å². The number of aromatic nitrogens is 1. The third kappa shape index (κ3) is 3.56. The highest BCUT2D eigenvalue weighted by Crippen LogP contribution is 2.27. The van der Waals surface area contributed by atoms with Crippen LogP contribution in [0.2, 0.25) is 0 Å². The second kappa shape index (κ2) is 7.57. The Labute approximate surface area is 163 Å². The van der Waals surface area contributed by atoms with Gasteiger partial charge in [-0.25, -0.2) is 13.4 Å². The predicted octanol–water partition coefficient (Wildman–Crippen LogP) is 3.13. The molecule has 1 N–H and O–H groups in total. The van der Waals surface area contributed by atoms with Crippen molar-refractivity contribution in [3.8, 4) is 11.5 Å². The third-order valence-electron chi connectivity index (χ3n) is 4.67. The number of nitrogens with one attached hydrogen (secondary N) is 1. The van der Waals surface area contributed by atoms with Crippen LogP contribution in [0.1, 0.15) is 12.8 Å². The fourth-order valence-corrected chi connectivity index (χ4v) is 5.02. The summed E-state index contributed by atoms with van der Waals surface area (Å²) in [5.41, 5.74) is 1.28. The van der Waals surface area contributed by atoms with Crippen molar-refractivity contribution in [1.82, 2.24) is 9.29 Å². The van der Waals surface area contributed by atoms with Crippen LogP contribution in [-0.2, 0) is 14.8 Å². The summed E-state index contributed by atoms with van der Waals surface area (Å²) < 4.78 is 32.4. The zero-order chi connectivity index (χ0) is 19.6. The number of sulfonamides is 1. The highest BCUT2D eigenvalue weighted by Gasteiger charge is 2.39. The Bertz CT molecular complexity index is 1070. The van der Waals surface area contributed by atoms with E-state index in [0.717, 1.165) is 5.56 Å². The third-order valence-corrected chi connectivity index (χ3v) is 6.59. The number of carbonyl (C=O) groups is 1. The van der Waals surface area contributed by atoms with Crippen LogP contribution in [0.25, 0.3) is 11.5 Å². The van der Waals surface area contributed by atoms with E-state index in [4.69, 9.17) is 4.42 Å². The summed E-state index contributed by atoms with van der Waals surface area (Å²) in [4.78, 5) is 17.1. The number of hydrogen-bond donors (Lipinski definition) is 1. The van der Waals surface area contributed by atoms with Crippen molar-refractivity contribution in [1.29, 1.82) is 0 Å². The molecule has 1 unspecified atom stereocenters. The molecule has 4 rings (SSSR count). The van der Waals surface area contributed by atoms with Gasteiger partial charge in [-0.2, -0.15) is 4.31 Å². The van der Waals surface area contributed by atoms with E-state index in [2.05, 4.69) is 10.3 Å². The van der Waals surface area contributed by atoms with Gasteiger partial charge in [0.25, 0.3) is 0 Å². The van der Waals surface area contributed by atoms with E-state index in [1.807, 2.05) is 6.07 Å². The molecule has 2 aromatic carbocycles. The lowest BCUT2D eigenvalue weighted by Crippen LogP contribution is -2.43. The lowest BCUT2D eigenvalue weighted by Gasteiger charge is -2.23. The SMILES string of the molecule is O=C(Nc1cccc(-c2ncco2)c1)C1CCCN1S(=O)(=O)c1ccccc1. The van der Waals surface area contributed by atoms with E-state index < -0.39 is 16.1 Å². The van der Waals surface area contributed by atoms with Gasteiger partial charge in [0, 0.05) is 17.8 Å². The minimum Gasteiger partial charge on any atom is -0.445 e. The summed E-state index contributed by atoms with van der Waals surface area (Å²) in [5.74, 6) is 0.104. The van der Waals surface area contributed by atoms with E-state index in [-0.39, 0.29) is 10.8 Å². The number of benzene rings is 2. The molecule has 7 nitrogen and oxygen atoms in total. The second-order valence-corrected chi connectivity index (χ2v) is 8.38. The molecule has 0 saturated carbocycles. The van der Waals surface area contributed by atoms with Crippen LogP contribution in [0.3, 0.4) is 0 Å². The van der Waals surface area contributed by atoms with Crippen molar-refractivity contribution in [2.45, 2.75) is 23.8 Å². The van der Waals surface area contributed by atoms with Crippen LogP contribution < -0.4 is 5.32 Å². The van der Waals surface area contributed by atoms with Gasteiger partial charge in [0.1, 0.15) is 12.3 Å². The normalized spacial score (nSPS) is 17.5. The number of hydrogen-bond acceptors (Lipinski definition) is 5. The minimum atomic E-state index is -3.72. The van der Waals surface area contributed by atoms with Gasteiger partial charge in [-0.15, -0.1) is 0 Å². The maximum absolute atomic E-state index is 12.9. The molecule has 28 heavy (non-hydrogen) atoms. The molecule has 0 aliphatic carbocycles. The Morgan fingerprint density at radius 2 is 1.96 bits per heavy atom. The zero-order valence-corrected chi connectivity index (χ0v) is 15.8. The van der Waals surface area contributed by atoms with Gasteiger partial charge in [0.2, 0.25) is 21.8 Å². The van der Waals surface area contributed by atoms with Gasteiger partial charge in [-0.3, -0.25) is 4.79 Å². The first kappa shape index (κ1) is 18.4. The van der Waals surface area contributed by atoms with Gasteiger partial charge in [0.15, 0.2) is 0 Å². The molecule has 1 atom stereocenters. The average Bonchev–Trinajstić information content (AvgIpc) is 3.41. The van der Waals surface area contributed by atoms with Gasteiger partial charge >= 0.3 is 0 Å². The number of carbonyl (C=O) groups excluding carboxylic acids is 1. The van der Waals surface area contributed by atoms with E-state index in [9.17, 15) is 13.2 Å². The number of oxazole rings is 1. The molecule has 3 aromatic rings. The number of anilines is 1. The molecule has 1 aliphatic rings. The van der Waals surface area contributed by atoms with Gasteiger partial charge in [-0.1, -0.05) is 24.3 Å². The van der Waals surface area contributed by atoms with Crippen molar-refractivity contribution in [3.63, 3.8) is 0 Å². The number of amides is 1. The van der Waals surface area contributed by atoms with Crippen LogP contribution in [0.15, 0.2) is 76.4 Å². The highest BCUT2D eigenvalue weighted by atomic mass is 32.2. The van der Waals surface area contributed by atoms with E-state index in [1.54, 1.807) is 54.7 Å². The maximum atomic E-state index is 12.9. The standard InChI is InChI=1S/C20H19N3O4S/c24-19(22-16-7-4-6-15(14-16)20-21-11-13-27-20)18-10-5-12-23(18)28(25,26)17-8-2-1-3-9-17/h1-4,6-9,11,13-14,18H,5,10,12H2,(H,22,24). The van der Waals surface area contributed by atoms with Gasteiger partial charge in [-0.05, 0) is 43.2 Å². The molecule has 2 heterocycles. The molecule has 1 aromatic heterocycles. The highest BCUT2D eigenvalue weighted by molar-refractivity contribution is 7.89.